The fraction of sp³-hybridized carbons (Fsp3) is 0.647. The Morgan fingerprint density at radius 2 is 2.05 bits per heavy atom. The summed E-state index contributed by atoms with van der Waals surface area (Å²) in [6, 6.07) is 9.28. The van der Waals surface area contributed by atoms with E-state index in [0.717, 1.165) is 13.0 Å². The second-order valence-electron chi connectivity index (χ2n) is 6.25. The first kappa shape index (κ1) is 15.5. The molecule has 1 aliphatic rings. The van der Waals surface area contributed by atoms with E-state index in [1.54, 1.807) is 0 Å². The first-order valence-corrected chi connectivity index (χ1v) is 7.81. The molecule has 112 valence electrons. The van der Waals surface area contributed by atoms with Gasteiger partial charge in [0.25, 0.3) is 0 Å². The summed E-state index contributed by atoms with van der Waals surface area (Å²) in [7, 11) is 2.22. The Morgan fingerprint density at radius 3 is 2.80 bits per heavy atom. The number of nitrogens with two attached hydrogens (primary N) is 1. The number of aryl methyl sites for hydroxylation is 1. The van der Waals surface area contributed by atoms with E-state index in [4.69, 9.17) is 5.73 Å². The molecule has 1 aromatic rings. The second kappa shape index (κ2) is 7.21. The van der Waals surface area contributed by atoms with Crippen molar-refractivity contribution in [3.8, 4) is 0 Å². The minimum atomic E-state index is 0.157. The van der Waals surface area contributed by atoms with E-state index in [2.05, 4.69) is 55.0 Å². The number of rotatable bonds is 4. The van der Waals surface area contributed by atoms with Gasteiger partial charge in [-0.25, -0.2) is 0 Å². The highest BCUT2D eigenvalue weighted by Gasteiger charge is 2.20. The van der Waals surface area contributed by atoms with Crippen LogP contribution in [0.3, 0.4) is 0 Å². The van der Waals surface area contributed by atoms with Crippen molar-refractivity contribution in [1.29, 1.82) is 0 Å². The highest BCUT2D eigenvalue weighted by atomic mass is 15.2. The van der Waals surface area contributed by atoms with Crippen LogP contribution in [0.25, 0.3) is 0 Å². The van der Waals surface area contributed by atoms with Crippen molar-refractivity contribution in [3.05, 3.63) is 35.4 Å². The summed E-state index contributed by atoms with van der Waals surface area (Å²) in [5.41, 5.74) is 8.99. The Kier molecular flexibility index (Phi) is 5.58. The highest BCUT2D eigenvalue weighted by Crippen LogP contribution is 2.19. The van der Waals surface area contributed by atoms with E-state index in [1.165, 1.54) is 37.2 Å². The molecule has 2 N–H and O–H groups in total. The van der Waals surface area contributed by atoms with Gasteiger partial charge in [-0.2, -0.15) is 0 Å². The van der Waals surface area contributed by atoms with Crippen molar-refractivity contribution in [1.82, 2.24) is 9.80 Å². The number of likely N-dealkylation sites (N-methyl/N-ethyl adjacent to an activating group) is 1. The van der Waals surface area contributed by atoms with Crippen LogP contribution in [0.1, 0.15) is 36.9 Å². The smallest absolute Gasteiger partial charge is 0.0309 e. The molecule has 1 fully saturated rings. The monoisotopic (exact) mass is 275 g/mol. The van der Waals surface area contributed by atoms with E-state index >= 15 is 0 Å². The summed E-state index contributed by atoms with van der Waals surface area (Å²) < 4.78 is 0. The zero-order chi connectivity index (χ0) is 14.5. The zero-order valence-corrected chi connectivity index (χ0v) is 13.2. The number of hydrogen-bond donors (Lipinski definition) is 1. The SMILES string of the molecule is Cc1ccccc1C(N)CCN1CCCN(C)CC1C. The standard InChI is InChI=1S/C17H29N3/c1-14-7-4-5-8-16(14)17(18)9-12-20-11-6-10-19(3)13-15(20)2/h4-5,7-8,15,17H,6,9-13,18H2,1-3H3. The molecule has 0 spiro atoms. The Labute approximate surface area is 123 Å². The van der Waals surface area contributed by atoms with Gasteiger partial charge in [-0.1, -0.05) is 24.3 Å². The molecule has 0 bridgehead atoms. The van der Waals surface area contributed by atoms with E-state index in [-0.39, 0.29) is 6.04 Å². The lowest BCUT2D eigenvalue weighted by molar-refractivity contribution is 0.196. The van der Waals surface area contributed by atoms with Gasteiger partial charge in [-0.05, 0) is 58.0 Å². The maximum atomic E-state index is 6.39. The van der Waals surface area contributed by atoms with Crippen LogP contribution in [-0.4, -0.2) is 49.1 Å². The normalized spacial score (nSPS) is 23.5. The Bertz CT molecular complexity index is 418. The zero-order valence-electron chi connectivity index (χ0n) is 13.2. The second-order valence-corrected chi connectivity index (χ2v) is 6.25. The largest absolute Gasteiger partial charge is 0.324 e. The van der Waals surface area contributed by atoms with Gasteiger partial charge in [-0.3, -0.25) is 4.90 Å². The van der Waals surface area contributed by atoms with Gasteiger partial charge in [0.05, 0.1) is 0 Å². The summed E-state index contributed by atoms with van der Waals surface area (Å²) in [4.78, 5) is 5.04. The van der Waals surface area contributed by atoms with E-state index in [0.29, 0.717) is 6.04 Å². The molecule has 3 heteroatoms. The molecule has 0 aliphatic carbocycles. The Morgan fingerprint density at radius 1 is 1.30 bits per heavy atom. The third-order valence-electron chi connectivity index (χ3n) is 4.50. The van der Waals surface area contributed by atoms with Crippen LogP contribution in [0.2, 0.25) is 0 Å². The van der Waals surface area contributed by atoms with Crippen LogP contribution in [0.15, 0.2) is 24.3 Å². The topological polar surface area (TPSA) is 32.5 Å². The van der Waals surface area contributed by atoms with Crippen molar-refractivity contribution in [2.45, 2.75) is 38.8 Å². The van der Waals surface area contributed by atoms with Gasteiger partial charge in [0.2, 0.25) is 0 Å². The maximum absolute atomic E-state index is 6.39. The van der Waals surface area contributed by atoms with Crippen molar-refractivity contribution in [3.63, 3.8) is 0 Å². The molecule has 0 aromatic heterocycles. The lowest BCUT2D eigenvalue weighted by Gasteiger charge is -2.29. The Balaban J connectivity index is 1.89. The molecule has 0 amide bonds. The molecule has 1 heterocycles. The lowest BCUT2D eigenvalue weighted by Crippen LogP contribution is -2.39. The van der Waals surface area contributed by atoms with Crippen LogP contribution in [0.5, 0.6) is 0 Å². The predicted octanol–water partition coefficient (Wildman–Crippen LogP) is 2.41. The maximum Gasteiger partial charge on any atom is 0.0309 e. The van der Waals surface area contributed by atoms with Crippen molar-refractivity contribution in [2.24, 2.45) is 5.73 Å². The summed E-state index contributed by atoms with van der Waals surface area (Å²) in [6.07, 6.45) is 2.30. The average molecular weight is 275 g/mol. The first-order valence-electron chi connectivity index (χ1n) is 7.81. The predicted molar refractivity (Wildman–Crippen MR) is 85.9 cm³/mol. The van der Waals surface area contributed by atoms with Crippen LogP contribution in [0, 0.1) is 6.92 Å². The van der Waals surface area contributed by atoms with Gasteiger partial charge in [0.1, 0.15) is 0 Å². The summed E-state index contributed by atoms with van der Waals surface area (Å²) in [6.45, 7) is 9.17. The van der Waals surface area contributed by atoms with Gasteiger partial charge in [0, 0.05) is 25.2 Å². The molecule has 1 aromatic carbocycles. The number of nitrogens with zero attached hydrogens (tertiary/aromatic N) is 2. The molecule has 2 atom stereocenters. The number of hydrogen-bond acceptors (Lipinski definition) is 3. The van der Waals surface area contributed by atoms with Gasteiger partial charge in [0.15, 0.2) is 0 Å². The van der Waals surface area contributed by atoms with Gasteiger partial charge < -0.3 is 10.6 Å². The van der Waals surface area contributed by atoms with Gasteiger partial charge >= 0.3 is 0 Å². The van der Waals surface area contributed by atoms with Crippen LogP contribution in [-0.2, 0) is 0 Å². The first-order chi connectivity index (χ1) is 9.58. The third-order valence-corrected chi connectivity index (χ3v) is 4.50. The van der Waals surface area contributed by atoms with Crippen LogP contribution >= 0.6 is 0 Å². The van der Waals surface area contributed by atoms with E-state index in [9.17, 15) is 0 Å². The Hall–Kier alpha value is -0.900. The quantitative estimate of drug-likeness (QED) is 0.916. The summed E-state index contributed by atoms with van der Waals surface area (Å²) in [5, 5.41) is 0. The number of benzene rings is 1. The molecular formula is C17H29N3. The minimum Gasteiger partial charge on any atom is -0.324 e. The van der Waals surface area contributed by atoms with Crippen molar-refractivity contribution < 1.29 is 0 Å². The van der Waals surface area contributed by atoms with Crippen LogP contribution < -0.4 is 5.73 Å². The molecule has 0 saturated carbocycles. The fourth-order valence-electron chi connectivity index (χ4n) is 3.22. The molecule has 1 aliphatic heterocycles. The molecule has 2 rings (SSSR count). The molecule has 0 radical (unpaired) electrons. The molecule has 20 heavy (non-hydrogen) atoms. The summed E-state index contributed by atoms with van der Waals surface area (Å²) in [5.74, 6) is 0. The average Bonchev–Trinajstić information content (AvgIpc) is 2.57. The summed E-state index contributed by atoms with van der Waals surface area (Å²) >= 11 is 0. The fourth-order valence-corrected chi connectivity index (χ4v) is 3.22. The van der Waals surface area contributed by atoms with Crippen LogP contribution in [0.4, 0.5) is 0 Å². The molecule has 3 nitrogen and oxygen atoms in total. The van der Waals surface area contributed by atoms with E-state index < -0.39 is 0 Å². The molecular weight excluding hydrogens is 246 g/mol. The molecule has 1 saturated heterocycles. The van der Waals surface area contributed by atoms with Crippen molar-refractivity contribution in [2.75, 3.05) is 33.2 Å². The minimum absolute atomic E-state index is 0.157. The van der Waals surface area contributed by atoms with Crippen molar-refractivity contribution >= 4 is 0 Å². The third kappa shape index (κ3) is 4.05. The highest BCUT2D eigenvalue weighted by molar-refractivity contribution is 5.28. The van der Waals surface area contributed by atoms with Gasteiger partial charge in [-0.15, -0.1) is 0 Å². The molecule has 2 unspecified atom stereocenters. The van der Waals surface area contributed by atoms with E-state index in [1.807, 2.05) is 0 Å². The lowest BCUT2D eigenvalue weighted by atomic mass is 9.99.